The van der Waals surface area contributed by atoms with E-state index in [0.717, 1.165) is 27.4 Å². The molecule has 0 spiro atoms. The smallest absolute Gasteiger partial charge is 0.272 e. The van der Waals surface area contributed by atoms with Crippen LogP contribution < -0.4 is 5.32 Å². The summed E-state index contributed by atoms with van der Waals surface area (Å²) in [6.07, 6.45) is 3.23. The summed E-state index contributed by atoms with van der Waals surface area (Å²) in [6.45, 7) is 0.509. The number of amides is 1. The zero-order valence-corrected chi connectivity index (χ0v) is 16.5. The van der Waals surface area contributed by atoms with Crippen molar-refractivity contribution >= 4 is 27.7 Å². The molecule has 0 atom stereocenters. The number of halogens is 1. The number of carbonyl (C=O) groups excluding carboxylic acids is 1. The van der Waals surface area contributed by atoms with Gasteiger partial charge in [-0.2, -0.15) is 5.10 Å². The zero-order chi connectivity index (χ0) is 21.2. The van der Waals surface area contributed by atoms with E-state index < -0.39 is 5.82 Å². The van der Waals surface area contributed by atoms with Crippen LogP contribution in [0.1, 0.15) is 21.7 Å². The minimum absolute atomic E-state index is 0.00265. The lowest BCUT2D eigenvalue weighted by atomic mass is 10.1. The van der Waals surface area contributed by atoms with E-state index in [1.54, 1.807) is 16.9 Å². The van der Waals surface area contributed by atoms with Gasteiger partial charge in [-0.3, -0.25) is 14.5 Å². The van der Waals surface area contributed by atoms with E-state index >= 15 is 0 Å². The first kappa shape index (κ1) is 18.9. The van der Waals surface area contributed by atoms with Crippen LogP contribution in [-0.4, -0.2) is 25.7 Å². The minimum Gasteiger partial charge on any atom is -0.345 e. The van der Waals surface area contributed by atoms with Gasteiger partial charge in [0.25, 0.3) is 5.91 Å². The Kier molecular flexibility index (Phi) is 4.84. The van der Waals surface area contributed by atoms with Crippen LogP contribution in [0.2, 0.25) is 0 Å². The van der Waals surface area contributed by atoms with E-state index in [1.165, 1.54) is 18.3 Å². The second-order valence-corrected chi connectivity index (χ2v) is 7.22. The monoisotopic (exact) mass is 411 g/mol. The molecule has 0 aliphatic carbocycles. The number of benzene rings is 2. The summed E-state index contributed by atoms with van der Waals surface area (Å²) in [5.74, 6) is -0.832. The number of carbonyl (C=O) groups is 1. The maximum Gasteiger partial charge on any atom is 0.272 e. The first-order chi connectivity index (χ1) is 15.2. The fraction of sp³-hybridized carbons (Fsp3) is 0.0833. The first-order valence-electron chi connectivity index (χ1n) is 9.85. The van der Waals surface area contributed by atoms with Crippen molar-refractivity contribution in [3.63, 3.8) is 0 Å². The number of para-hydroxylation sites is 1. The Bertz CT molecular complexity index is 1410. The van der Waals surface area contributed by atoms with Crippen LogP contribution >= 0.6 is 0 Å². The molecular formula is C24H18FN5O. The first-order valence-corrected chi connectivity index (χ1v) is 9.85. The van der Waals surface area contributed by atoms with E-state index in [2.05, 4.69) is 21.5 Å². The molecule has 5 rings (SSSR count). The Hall–Kier alpha value is -4.13. The third-order valence-corrected chi connectivity index (χ3v) is 5.05. The molecule has 5 aromatic rings. The standard InChI is InChI=1S/C24H18FN5O/c25-19-5-3-10-26-23(19)14-27-24(31)21-9-11-30(29-21)15-16-7-8-18-13-17-4-1-2-6-20(17)28-22(18)12-16/h1-13H,14-15H2,(H,27,31). The van der Waals surface area contributed by atoms with Crippen LogP contribution in [-0.2, 0) is 13.1 Å². The van der Waals surface area contributed by atoms with Crippen LogP contribution in [0.4, 0.5) is 4.39 Å². The molecular weight excluding hydrogens is 393 g/mol. The van der Waals surface area contributed by atoms with Gasteiger partial charge in [-0.05, 0) is 42.0 Å². The Balaban J connectivity index is 1.30. The quantitative estimate of drug-likeness (QED) is 0.442. The molecule has 31 heavy (non-hydrogen) atoms. The summed E-state index contributed by atoms with van der Waals surface area (Å²) >= 11 is 0. The molecule has 0 saturated carbocycles. The molecule has 7 heteroatoms. The van der Waals surface area contributed by atoms with Crippen molar-refractivity contribution in [3.8, 4) is 0 Å². The van der Waals surface area contributed by atoms with Crippen molar-refractivity contribution in [1.29, 1.82) is 0 Å². The predicted molar refractivity (Wildman–Crippen MR) is 116 cm³/mol. The fourth-order valence-corrected chi connectivity index (χ4v) is 3.48. The Morgan fingerprint density at radius 1 is 0.968 bits per heavy atom. The third kappa shape index (κ3) is 3.98. The molecule has 3 heterocycles. The van der Waals surface area contributed by atoms with Gasteiger partial charge in [0, 0.05) is 23.2 Å². The number of rotatable bonds is 5. The second kappa shape index (κ2) is 7.95. The highest BCUT2D eigenvalue weighted by atomic mass is 19.1. The number of nitrogens with one attached hydrogen (secondary N) is 1. The highest BCUT2D eigenvalue weighted by Crippen LogP contribution is 2.21. The molecule has 1 amide bonds. The molecule has 0 bridgehead atoms. The summed E-state index contributed by atoms with van der Waals surface area (Å²) in [5, 5.41) is 9.17. The van der Waals surface area contributed by atoms with E-state index in [-0.39, 0.29) is 23.8 Å². The topological polar surface area (TPSA) is 72.7 Å². The Morgan fingerprint density at radius 2 is 1.84 bits per heavy atom. The average molecular weight is 411 g/mol. The van der Waals surface area contributed by atoms with Crippen molar-refractivity contribution in [3.05, 3.63) is 102 Å². The van der Waals surface area contributed by atoms with Crippen LogP contribution in [0.25, 0.3) is 21.8 Å². The minimum atomic E-state index is -0.453. The van der Waals surface area contributed by atoms with Gasteiger partial charge in [0.2, 0.25) is 0 Å². The molecule has 0 unspecified atom stereocenters. The molecule has 0 aliphatic heterocycles. The van der Waals surface area contributed by atoms with Crippen LogP contribution in [0, 0.1) is 5.82 Å². The number of pyridine rings is 2. The van der Waals surface area contributed by atoms with Gasteiger partial charge in [-0.1, -0.05) is 30.3 Å². The Labute approximate surface area is 177 Å². The zero-order valence-electron chi connectivity index (χ0n) is 16.5. The normalized spacial score (nSPS) is 11.1. The van der Waals surface area contributed by atoms with E-state index in [0.29, 0.717) is 6.54 Å². The lowest BCUT2D eigenvalue weighted by molar-refractivity contribution is 0.0944. The molecule has 6 nitrogen and oxygen atoms in total. The maximum absolute atomic E-state index is 13.6. The summed E-state index contributed by atoms with van der Waals surface area (Å²) in [4.78, 5) is 21.0. The van der Waals surface area contributed by atoms with E-state index in [1.807, 2.05) is 42.5 Å². The summed E-state index contributed by atoms with van der Waals surface area (Å²) in [6, 6.07) is 20.7. The average Bonchev–Trinajstić information content (AvgIpc) is 3.25. The molecule has 0 aliphatic rings. The van der Waals surface area contributed by atoms with Crippen molar-refractivity contribution in [2.45, 2.75) is 13.1 Å². The van der Waals surface area contributed by atoms with Crippen LogP contribution in [0.5, 0.6) is 0 Å². The van der Waals surface area contributed by atoms with E-state index in [4.69, 9.17) is 4.98 Å². The molecule has 0 saturated heterocycles. The summed E-state index contributed by atoms with van der Waals surface area (Å²) in [7, 11) is 0. The molecule has 1 N–H and O–H groups in total. The third-order valence-electron chi connectivity index (χ3n) is 5.05. The van der Waals surface area contributed by atoms with E-state index in [9.17, 15) is 9.18 Å². The van der Waals surface area contributed by atoms with Crippen molar-refractivity contribution in [2.75, 3.05) is 0 Å². The SMILES string of the molecule is O=C(NCc1ncccc1F)c1ccn(Cc2ccc3cc4ccccc4nc3c2)n1. The van der Waals surface area contributed by atoms with Gasteiger partial charge in [-0.25, -0.2) is 9.37 Å². The number of hydrogen-bond donors (Lipinski definition) is 1. The lowest BCUT2D eigenvalue weighted by Crippen LogP contribution is -2.24. The number of nitrogens with zero attached hydrogens (tertiary/aromatic N) is 4. The van der Waals surface area contributed by atoms with Gasteiger partial charge in [0.1, 0.15) is 11.5 Å². The van der Waals surface area contributed by atoms with Gasteiger partial charge in [-0.15, -0.1) is 0 Å². The Morgan fingerprint density at radius 3 is 2.74 bits per heavy atom. The summed E-state index contributed by atoms with van der Waals surface area (Å²) in [5.41, 5.74) is 3.35. The van der Waals surface area contributed by atoms with Gasteiger partial charge < -0.3 is 5.32 Å². The molecule has 3 aromatic heterocycles. The number of aromatic nitrogens is 4. The van der Waals surface area contributed by atoms with Crippen molar-refractivity contribution in [1.82, 2.24) is 25.1 Å². The largest absolute Gasteiger partial charge is 0.345 e. The van der Waals surface area contributed by atoms with Gasteiger partial charge in [0.05, 0.1) is 29.8 Å². The molecule has 0 fully saturated rings. The predicted octanol–water partition coefficient (Wildman–Crippen LogP) is 4.10. The fourth-order valence-electron chi connectivity index (χ4n) is 3.48. The number of hydrogen-bond acceptors (Lipinski definition) is 4. The molecule has 152 valence electrons. The number of fused-ring (bicyclic) bond motifs is 2. The maximum atomic E-state index is 13.6. The summed E-state index contributed by atoms with van der Waals surface area (Å²) < 4.78 is 15.3. The molecule has 2 aromatic carbocycles. The van der Waals surface area contributed by atoms with Gasteiger partial charge >= 0.3 is 0 Å². The van der Waals surface area contributed by atoms with Crippen molar-refractivity contribution in [2.24, 2.45) is 0 Å². The van der Waals surface area contributed by atoms with Crippen LogP contribution in [0.15, 0.2) is 79.1 Å². The lowest BCUT2D eigenvalue weighted by Gasteiger charge is -2.06. The second-order valence-electron chi connectivity index (χ2n) is 7.22. The van der Waals surface area contributed by atoms with Gasteiger partial charge in [0.15, 0.2) is 0 Å². The highest BCUT2D eigenvalue weighted by molar-refractivity contribution is 5.93. The van der Waals surface area contributed by atoms with Crippen molar-refractivity contribution < 1.29 is 9.18 Å². The van der Waals surface area contributed by atoms with Crippen LogP contribution in [0.3, 0.4) is 0 Å². The highest BCUT2D eigenvalue weighted by Gasteiger charge is 2.11. The molecule has 0 radical (unpaired) electrons.